The number of hydrogen-bond donors (Lipinski definition) is 6. The normalized spacial score (nSPS) is 15.2. The Kier molecular flexibility index (Phi) is 20.5. The Bertz CT molecular complexity index is 3000. The predicted octanol–water partition coefficient (Wildman–Crippen LogP) is 6.32. The maximum atomic E-state index is 13.8. The number of benzene rings is 2. The zero-order chi connectivity index (χ0) is 55.3. The van der Waals surface area contributed by atoms with E-state index in [0.29, 0.717) is 124 Å². The number of piperidine rings is 1. The van der Waals surface area contributed by atoms with E-state index in [1.807, 2.05) is 13.8 Å². The molecule has 5 heterocycles. The van der Waals surface area contributed by atoms with E-state index in [9.17, 15) is 19.8 Å². The van der Waals surface area contributed by atoms with Crippen LogP contribution >= 0.6 is 34.8 Å². The van der Waals surface area contributed by atoms with Gasteiger partial charge in [0, 0.05) is 79.9 Å². The number of methoxy groups -OCH3 is 1. The van der Waals surface area contributed by atoms with E-state index in [4.69, 9.17) is 74.7 Å². The van der Waals surface area contributed by atoms with Crippen LogP contribution in [-0.4, -0.2) is 150 Å². The van der Waals surface area contributed by atoms with E-state index in [0.717, 1.165) is 30.7 Å². The molecule has 20 nitrogen and oxygen atoms in total. The largest absolute Gasteiger partial charge is 0.491 e. The van der Waals surface area contributed by atoms with Crippen molar-refractivity contribution >= 4 is 70.0 Å². The van der Waals surface area contributed by atoms with Crippen molar-refractivity contribution in [2.75, 3.05) is 79.1 Å². The second kappa shape index (κ2) is 27.2. The number of amides is 1. The van der Waals surface area contributed by atoms with Crippen LogP contribution in [-0.2, 0) is 29.0 Å². The number of halogens is 3. The molecule has 410 valence electrons. The molecule has 77 heavy (non-hydrogen) atoms. The molecule has 0 saturated carbocycles. The summed E-state index contributed by atoms with van der Waals surface area (Å²) in [5, 5.41) is 30.7. The average molecular weight is 1120 g/mol. The zero-order valence-electron chi connectivity index (χ0n) is 44.3. The van der Waals surface area contributed by atoms with E-state index < -0.39 is 12.2 Å². The maximum Gasteiger partial charge on any atom is 0.409 e. The number of ether oxygens (including phenoxy) is 3. The van der Waals surface area contributed by atoms with E-state index in [1.165, 1.54) is 20.2 Å². The number of fused-ring (bicyclic) bond motifs is 1. The van der Waals surface area contributed by atoms with E-state index >= 15 is 0 Å². The SMILES string of the molecule is CNC[C@@H](O)COc1ccc(Cl)c(-c2nc(CCC3CCN(C(=O)OC)CC3)c(C)c(C(C(C)=O)=C(N)CN=C/C(Cl)=C(\NC)c3nc(-c4cc(OC[C@H](O)CNC)ccc4Cl)nc(N4Cc5nccnc5C4)c3C)n2)c1. The number of aliphatic hydroxyl groups is 2. The van der Waals surface area contributed by atoms with Crippen LogP contribution < -0.4 is 36.1 Å². The number of aliphatic hydroxyl groups excluding tert-OH is 2. The molecule has 0 unspecified atom stereocenters. The Morgan fingerprint density at radius 2 is 1.40 bits per heavy atom. The van der Waals surface area contributed by atoms with Crippen molar-refractivity contribution in [3.05, 3.63) is 109 Å². The van der Waals surface area contributed by atoms with Gasteiger partial charge in [-0.2, -0.15) is 0 Å². The third-order valence-corrected chi connectivity index (χ3v) is 14.2. The van der Waals surface area contributed by atoms with Crippen LogP contribution in [0.25, 0.3) is 34.0 Å². The van der Waals surface area contributed by atoms with Gasteiger partial charge in [-0.05, 0) is 108 Å². The van der Waals surface area contributed by atoms with Crippen LogP contribution in [0, 0.1) is 19.8 Å². The molecular weight excluding hydrogens is 1050 g/mol. The highest BCUT2D eigenvalue weighted by molar-refractivity contribution is 6.42. The monoisotopic (exact) mass is 1110 g/mol. The van der Waals surface area contributed by atoms with Gasteiger partial charge in [0.15, 0.2) is 17.4 Å². The number of likely N-dealkylation sites (tertiary alicyclic amines) is 1. The number of nitrogens with one attached hydrogen (secondary N) is 3. The molecule has 1 amide bonds. The van der Waals surface area contributed by atoms with Gasteiger partial charge in [0.25, 0.3) is 0 Å². The number of rotatable bonds is 23. The summed E-state index contributed by atoms with van der Waals surface area (Å²) < 4.78 is 16.8. The molecule has 7 N–H and O–H groups in total. The van der Waals surface area contributed by atoms with Crippen molar-refractivity contribution in [3.8, 4) is 34.3 Å². The first-order valence-corrected chi connectivity index (χ1v) is 26.4. The second-order valence-electron chi connectivity index (χ2n) is 18.8. The van der Waals surface area contributed by atoms with Crippen molar-refractivity contribution in [2.45, 2.75) is 71.8 Å². The molecule has 23 heteroatoms. The lowest BCUT2D eigenvalue weighted by Gasteiger charge is -2.31. The maximum absolute atomic E-state index is 13.8. The first-order valence-electron chi connectivity index (χ1n) is 25.2. The Hall–Kier alpha value is -6.52. The van der Waals surface area contributed by atoms with E-state index in [2.05, 4.69) is 35.8 Å². The Labute approximate surface area is 463 Å². The van der Waals surface area contributed by atoms with Crippen molar-refractivity contribution in [1.82, 2.24) is 50.8 Å². The number of nitrogens with zero attached hydrogens (tertiary/aromatic N) is 9. The number of ketones is 1. The van der Waals surface area contributed by atoms with Crippen LogP contribution in [0.15, 0.2) is 64.5 Å². The fourth-order valence-electron chi connectivity index (χ4n) is 9.22. The van der Waals surface area contributed by atoms with Crippen molar-refractivity contribution in [3.63, 3.8) is 0 Å². The number of likely N-dealkylation sites (N-methyl/N-ethyl adjacent to an activating group) is 2. The summed E-state index contributed by atoms with van der Waals surface area (Å²) in [5.74, 6) is 1.97. The highest BCUT2D eigenvalue weighted by Gasteiger charge is 2.29. The van der Waals surface area contributed by atoms with Gasteiger partial charge in [0.1, 0.15) is 42.7 Å². The van der Waals surface area contributed by atoms with Crippen LogP contribution in [0.1, 0.15) is 65.8 Å². The van der Waals surface area contributed by atoms with Gasteiger partial charge in [-0.3, -0.25) is 19.8 Å². The zero-order valence-corrected chi connectivity index (χ0v) is 46.6. The third kappa shape index (κ3) is 14.5. The van der Waals surface area contributed by atoms with E-state index in [-0.39, 0.29) is 59.6 Å². The fourth-order valence-corrected chi connectivity index (χ4v) is 9.87. The molecule has 0 spiro atoms. The topological polar surface area (TPSA) is 261 Å². The molecule has 2 aliphatic rings. The molecule has 7 rings (SSSR count). The predicted molar refractivity (Wildman–Crippen MR) is 299 cm³/mol. The lowest BCUT2D eigenvalue weighted by atomic mass is 9.90. The summed E-state index contributed by atoms with van der Waals surface area (Å²) in [6, 6.07) is 10.2. The number of aromatic nitrogens is 6. The lowest BCUT2D eigenvalue weighted by molar-refractivity contribution is -0.111. The number of aryl methyl sites for hydroxylation is 1. The molecule has 2 aliphatic heterocycles. The number of aliphatic imine (C=N–C) groups is 1. The number of anilines is 1. The summed E-state index contributed by atoms with van der Waals surface area (Å²) in [6.07, 6.45) is 5.81. The highest BCUT2D eigenvalue weighted by Crippen LogP contribution is 2.37. The van der Waals surface area contributed by atoms with Gasteiger partial charge in [0.05, 0.1) is 75.9 Å². The summed E-state index contributed by atoms with van der Waals surface area (Å²) in [4.78, 5) is 63.7. The number of carbonyl (C=O) groups is 2. The van der Waals surface area contributed by atoms with Crippen molar-refractivity contribution in [2.24, 2.45) is 16.6 Å². The number of hydrogen-bond acceptors (Lipinski definition) is 19. The average Bonchev–Trinajstić information content (AvgIpc) is 3.88. The molecule has 2 aromatic carbocycles. The molecule has 0 bridgehead atoms. The first kappa shape index (κ1) is 58.2. The van der Waals surface area contributed by atoms with E-state index in [1.54, 1.807) is 74.8 Å². The molecule has 0 radical (unpaired) electrons. The molecule has 2 atom stereocenters. The fraction of sp³-hybridized carbons (Fsp3) is 0.426. The standard InChI is InChI=1S/C54H66Cl3N13O7/c1-30-44(13-8-33-14-18-69(19-15-33)54(74)75-7)65-51(38-20-36(9-11-40(38)55)76-28-34(72)22-59-4)66-48(30)47(32(3)71)43(58)25-62-24-42(57)50(61-6)49-31(2)53(70-26-45-46(27-70)64-17-16-63-45)68-52(67-49)39-21-37(10-12-41(39)56)77-29-35(73)23-60-5/h9-12,16-17,20-21,24,33-35,59-61,72-73H,8,13-15,18-19,22-23,25-29,58H2,1-7H3/b47-43?,50-42+,62-24?/t34-,35-/m1/s1. The highest BCUT2D eigenvalue weighted by atomic mass is 35.5. The van der Waals surface area contributed by atoms with Gasteiger partial charge in [-0.1, -0.05) is 34.8 Å². The molecule has 0 aliphatic carbocycles. The lowest BCUT2D eigenvalue weighted by Crippen LogP contribution is -2.38. The smallest absolute Gasteiger partial charge is 0.409 e. The minimum atomic E-state index is -0.756. The molecule has 1 saturated heterocycles. The first-order chi connectivity index (χ1) is 37.0. The second-order valence-corrected chi connectivity index (χ2v) is 20.0. The summed E-state index contributed by atoms with van der Waals surface area (Å²) in [5.41, 5.74) is 13.0. The third-order valence-electron chi connectivity index (χ3n) is 13.3. The molecule has 3 aromatic heterocycles. The Morgan fingerprint density at radius 3 is 1.94 bits per heavy atom. The van der Waals surface area contributed by atoms with Crippen LogP contribution in [0.3, 0.4) is 0 Å². The van der Waals surface area contributed by atoms with Gasteiger partial charge < -0.3 is 55.9 Å². The van der Waals surface area contributed by atoms with Gasteiger partial charge in [-0.25, -0.2) is 24.7 Å². The van der Waals surface area contributed by atoms with Gasteiger partial charge in [0.2, 0.25) is 0 Å². The number of Topliss-reactive ketones (excluding diaryl/α,β-unsaturated/α-hetero) is 1. The summed E-state index contributed by atoms with van der Waals surface area (Å²) in [6.45, 7) is 7.84. The van der Waals surface area contributed by atoms with Crippen LogP contribution in [0.2, 0.25) is 10.0 Å². The molecule has 5 aromatic rings. The number of allylic oxidation sites excluding steroid dienone is 2. The van der Waals surface area contributed by atoms with Crippen molar-refractivity contribution < 1.29 is 34.0 Å². The molecule has 1 fully saturated rings. The van der Waals surface area contributed by atoms with Gasteiger partial charge in [-0.15, -0.1) is 0 Å². The summed E-state index contributed by atoms with van der Waals surface area (Å²) in [7, 11) is 6.58. The quantitative estimate of drug-likeness (QED) is 0.0309. The van der Waals surface area contributed by atoms with Crippen LogP contribution in [0.5, 0.6) is 11.5 Å². The minimum absolute atomic E-state index is 0.0275. The summed E-state index contributed by atoms with van der Waals surface area (Å²) >= 11 is 20.9. The number of nitrogens with two attached hydrogens (primary N) is 1. The van der Waals surface area contributed by atoms with Crippen LogP contribution in [0.4, 0.5) is 10.6 Å². The molecular formula is C54H66Cl3N13O7. The minimum Gasteiger partial charge on any atom is -0.491 e. The van der Waals surface area contributed by atoms with Gasteiger partial charge >= 0.3 is 6.09 Å². The Balaban J connectivity index is 1.25. The Morgan fingerprint density at radius 1 is 0.844 bits per heavy atom. The van der Waals surface area contributed by atoms with Crippen molar-refractivity contribution in [1.29, 1.82) is 0 Å². The number of carbonyl (C=O) groups excluding carboxylic acids is 2.